The molecule has 0 spiro atoms. The van der Waals surface area contributed by atoms with Crippen molar-refractivity contribution in [3.05, 3.63) is 55.3 Å². The van der Waals surface area contributed by atoms with Gasteiger partial charge in [-0.3, -0.25) is 22.0 Å². The standard InChI is InChI=1S/C10H13NO4.C4H7NO.CH3.V/c1-8-3-4-9(11(12)13)10(7-8)15-6-5-14-2;1-3-5(2)4-6;;/h3-4,7H,5-6H2,1-2H3;4H,1-3H2;1H3;/q;-2;-1;. The average molecular weight is 362 g/mol. The number of rotatable bonds is 7. The van der Waals surface area contributed by atoms with E-state index in [9.17, 15) is 14.9 Å². The van der Waals surface area contributed by atoms with Crippen molar-refractivity contribution in [2.75, 3.05) is 26.9 Å². The van der Waals surface area contributed by atoms with Crippen molar-refractivity contribution in [3.8, 4) is 5.75 Å². The van der Waals surface area contributed by atoms with E-state index >= 15 is 0 Å². The average Bonchev–Trinajstić information content (AvgIpc) is 2.47. The summed E-state index contributed by atoms with van der Waals surface area (Å²) in [5, 5.41) is 10.7. The van der Waals surface area contributed by atoms with Gasteiger partial charge in [-0.15, -0.1) is 6.54 Å². The molecule has 8 heteroatoms. The molecule has 23 heavy (non-hydrogen) atoms. The van der Waals surface area contributed by atoms with Crippen LogP contribution in [0.2, 0.25) is 0 Å². The minimum absolute atomic E-state index is 0. The van der Waals surface area contributed by atoms with Crippen LogP contribution < -0.4 is 4.74 Å². The molecule has 1 radical (unpaired) electrons. The van der Waals surface area contributed by atoms with Gasteiger partial charge in [0.1, 0.15) is 6.61 Å². The number of ether oxygens (including phenoxy) is 2. The van der Waals surface area contributed by atoms with E-state index in [0.717, 1.165) is 5.56 Å². The molecule has 0 bridgehead atoms. The molecule has 0 N–H and O–H groups in total. The first kappa shape index (κ1) is 26.3. The van der Waals surface area contributed by atoms with Gasteiger partial charge in [0.25, 0.3) is 0 Å². The molecule has 0 saturated carbocycles. The summed E-state index contributed by atoms with van der Waals surface area (Å²) >= 11 is 0. The van der Waals surface area contributed by atoms with Crippen LogP contribution in [-0.2, 0) is 28.1 Å². The Kier molecular flexibility index (Phi) is 17.6. The zero-order valence-electron chi connectivity index (χ0n) is 13.7. The molecular formula is C15H23N2O5V-3. The summed E-state index contributed by atoms with van der Waals surface area (Å²) in [6.07, 6.45) is 0.632. The Morgan fingerprint density at radius 2 is 2.00 bits per heavy atom. The molecule has 1 aromatic rings. The summed E-state index contributed by atoms with van der Waals surface area (Å²) < 4.78 is 10.1. The molecule has 131 valence electrons. The second-order valence-corrected chi connectivity index (χ2v) is 3.99. The maximum atomic E-state index is 10.7. The van der Waals surface area contributed by atoms with Crippen molar-refractivity contribution in [3.63, 3.8) is 0 Å². The third-order valence-corrected chi connectivity index (χ3v) is 2.29. The number of methoxy groups -OCH3 is 1. The number of benzene rings is 1. The van der Waals surface area contributed by atoms with Gasteiger partial charge >= 0.3 is 5.69 Å². The number of nitrogens with zero attached hydrogens (tertiary/aromatic N) is 2. The molecule has 0 heterocycles. The van der Waals surface area contributed by atoms with Crippen LogP contribution in [0.3, 0.4) is 0 Å². The van der Waals surface area contributed by atoms with Gasteiger partial charge in [0.05, 0.1) is 11.5 Å². The zero-order chi connectivity index (χ0) is 16.3. The largest absolute Gasteiger partial charge is 0.524 e. The van der Waals surface area contributed by atoms with Gasteiger partial charge in [-0.1, -0.05) is 6.07 Å². The van der Waals surface area contributed by atoms with E-state index < -0.39 is 4.92 Å². The van der Waals surface area contributed by atoms with E-state index in [1.54, 1.807) is 19.2 Å². The second-order valence-electron chi connectivity index (χ2n) is 3.99. The molecule has 1 aromatic carbocycles. The molecule has 1 rings (SSSR count). The number of aryl methyl sites for hydroxylation is 1. The van der Waals surface area contributed by atoms with Gasteiger partial charge in [-0.05, 0) is 18.6 Å². The second kappa shape index (κ2) is 15.3. The summed E-state index contributed by atoms with van der Waals surface area (Å²) in [5.74, 6) is 0.289. The van der Waals surface area contributed by atoms with Crippen LogP contribution in [0.4, 0.5) is 5.69 Å². The van der Waals surface area contributed by atoms with Gasteiger partial charge in [-0.25, -0.2) is 0 Å². The summed E-state index contributed by atoms with van der Waals surface area (Å²) in [4.78, 5) is 21.0. The Bertz CT molecular complexity index is 457. The fraction of sp³-hybridized carbons (Fsp3) is 0.333. The minimum atomic E-state index is -0.457. The summed E-state index contributed by atoms with van der Waals surface area (Å²) in [6, 6.07) is 4.77. The predicted molar refractivity (Wildman–Crippen MR) is 85.1 cm³/mol. The van der Waals surface area contributed by atoms with Crippen molar-refractivity contribution in [1.82, 2.24) is 4.90 Å². The number of nitro benzene ring substituents is 1. The van der Waals surface area contributed by atoms with Crippen LogP contribution in [-0.4, -0.2) is 43.1 Å². The Morgan fingerprint density at radius 1 is 1.39 bits per heavy atom. The Hall–Kier alpha value is -1.57. The first-order valence-corrected chi connectivity index (χ1v) is 6.14. The number of carbonyl (C=O) groups is 1. The van der Waals surface area contributed by atoms with Gasteiger partial charge in [0.2, 0.25) is 0 Å². The first-order chi connectivity index (χ1) is 9.96. The van der Waals surface area contributed by atoms with Gasteiger partial charge < -0.3 is 28.7 Å². The molecule has 0 aromatic heterocycles. The van der Waals surface area contributed by atoms with Crippen LogP contribution in [0, 0.1) is 38.4 Å². The van der Waals surface area contributed by atoms with Crippen LogP contribution >= 0.6 is 0 Å². The molecular weight excluding hydrogens is 339 g/mol. The van der Waals surface area contributed by atoms with Crippen LogP contribution in [0.5, 0.6) is 5.75 Å². The molecule has 0 saturated heterocycles. The quantitative estimate of drug-likeness (QED) is 0.245. The number of carbonyl (C=O) groups excluding carboxylic acids is 1. The molecule has 0 aliphatic carbocycles. The normalized spacial score (nSPS) is 8.52. The van der Waals surface area contributed by atoms with Gasteiger partial charge in [-0.2, -0.15) is 0 Å². The van der Waals surface area contributed by atoms with Crippen LogP contribution in [0.1, 0.15) is 5.56 Å². The monoisotopic (exact) mass is 362 g/mol. The Labute approximate surface area is 150 Å². The third kappa shape index (κ3) is 11.6. The number of nitro groups is 1. The summed E-state index contributed by atoms with van der Waals surface area (Å²) in [5.41, 5.74) is 0.907. The van der Waals surface area contributed by atoms with E-state index in [4.69, 9.17) is 9.47 Å². The molecule has 7 nitrogen and oxygen atoms in total. The molecule has 0 aliphatic heterocycles. The Balaban J connectivity index is -0.000000434. The molecule has 0 fully saturated rings. The van der Waals surface area contributed by atoms with Crippen LogP contribution in [0.15, 0.2) is 18.2 Å². The molecule has 0 unspecified atom stereocenters. The van der Waals surface area contributed by atoms with E-state index in [1.165, 1.54) is 11.0 Å². The molecule has 1 amide bonds. The summed E-state index contributed by atoms with van der Waals surface area (Å²) in [6.45, 7) is 6.39. The van der Waals surface area contributed by atoms with Gasteiger partial charge in [0.15, 0.2) is 12.2 Å². The third-order valence-electron chi connectivity index (χ3n) is 2.29. The van der Waals surface area contributed by atoms with Crippen molar-refractivity contribution >= 4 is 12.1 Å². The van der Waals surface area contributed by atoms with E-state index in [0.29, 0.717) is 26.2 Å². The SMILES string of the molecule is COCCOc1cc(C)ccc1[N+](=O)[O-].[CH2-]CN([CH2-])C=O.[CH3-].[V]. The van der Waals surface area contributed by atoms with Crippen LogP contribution in [0.25, 0.3) is 0 Å². The topological polar surface area (TPSA) is 81.9 Å². The molecule has 0 atom stereocenters. The zero-order valence-corrected chi connectivity index (χ0v) is 15.1. The number of amides is 1. The maximum Gasteiger partial charge on any atom is 0.310 e. The van der Waals surface area contributed by atoms with Crippen molar-refractivity contribution < 1.29 is 37.7 Å². The number of hydrogen-bond acceptors (Lipinski definition) is 5. The predicted octanol–water partition coefficient (Wildman–Crippen LogP) is 2.45. The van der Waals surface area contributed by atoms with Crippen molar-refractivity contribution in [2.24, 2.45) is 0 Å². The number of hydrogen-bond donors (Lipinski definition) is 0. The van der Waals surface area contributed by atoms with E-state index in [1.807, 2.05) is 6.92 Å². The summed E-state index contributed by atoms with van der Waals surface area (Å²) in [7, 11) is 4.83. The maximum absolute atomic E-state index is 10.7. The smallest absolute Gasteiger partial charge is 0.310 e. The van der Waals surface area contributed by atoms with Crippen molar-refractivity contribution in [2.45, 2.75) is 6.92 Å². The fourth-order valence-electron chi connectivity index (χ4n) is 1.18. The van der Waals surface area contributed by atoms with E-state index in [-0.39, 0.29) is 37.4 Å². The van der Waals surface area contributed by atoms with E-state index in [2.05, 4.69) is 14.0 Å². The Morgan fingerprint density at radius 3 is 2.39 bits per heavy atom. The molecule has 0 aliphatic rings. The van der Waals surface area contributed by atoms with Gasteiger partial charge in [0, 0.05) is 31.7 Å². The minimum Gasteiger partial charge on any atom is -0.524 e. The van der Waals surface area contributed by atoms with Crippen molar-refractivity contribution in [1.29, 1.82) is 0 Å². The fourth-order valence-corrected chi connectivity index (χ4v) is 1.18. The first-order valence-electron chi connectivity index (χ1n) is 6.14.